The zero-order valence-corrected chi connectivity index (χ0v) is 16.2. The normalized spacial score (nSPS) is 14.6. The Morgan fingerprint density at radius 2 is 2.11 bits per heavy atom. The van der Waals surface area contributed by atoms with Gasteiger partial charge in [0.15, 0.2) is 0 Å². The molecule has 27 heavy (non-hydrogen) atoms. The number of fused-ring (bicyclic) bond motifs is 1. The largest absolute Gasteiger partial charge is 0.493 e. The second-order valence-corrected chi connectivity index (χ2v) is 8.14. The second kappa shape index (κ2) is 7.57. The van der Waals surface area contributed by atoms with Gasteiger partial charge in [0.05, 0.1) is 15.9 Å². The Labute approximate surface area is 157 Å². The van der Waals surface area contributed by atoms with Crippen LogP contribution in [0.15, 0.2) is 35.1 Å². The summed E-state index contributed by atoms with van der Waals surface area (Å²) in [5.74, 6) is -0.113. The van der Waals surface area contributed by atoms with E-state index in [-0.39, 0.29) is 23.9 Å². The number of ether oxygens (including phenoxy) is 3. The topological polar surface area (TPSA) is 100.0 Å². The lowest BCUT2D eigenvalue weighted by Gasteiger charge is -2.14. The maximum atomic E-state index is 12.3. The molecule has 2 aromatic rings. The van der Waals surface area contributed by atoms with E-state index in [1.807, 2.05) is 11.5 Å². The first-order chi connectivity index (χ1) is 12.8. The molecule has 0 spiro atoms. The molecule has 0 N–H and O–H groups in total. The highest BCUT2D eigenvalue weighted by atomic mass is 32.2. The van der Waals surface area contributed by atoms with Crippen LogP contribution < -0.4 is 0 Å². The number of aryl methyl sites for hydroxylation is 1. The highest BCUT2D eigenvalue weighted by molar-refractivity contribution is 7.89. The quantitative estimate of drug-likeness (QED) is 0.678. The van der Waals surface area contributed by atoms with Crippen molar-refractivity contribution >= 4 is 27.0 Å². The van der Waals surface area contributed by atoms with E-state index in [2.05, 4.69) is 4.98 Å². The molecule has 0 fully saturated rings. The van der Waals surface area contributed by atoms with E-state index in [0.29, 0.717) is 24.5 Å². The Morgan fingerprint density at radius 3 is 2.74 bits per heavy atom. The lowest BCUT2D eigenvalue weighted by molar-refractivity contribution is -0.146. The summed E-state index contributed by atoms with van der Waals surface area (Å²) in [6, 6.07) is 4.76. The van der Waals surface area contributed by atoms with Gasteiger partial charge in [-0.25, -0.2) is 22.5 Å². The van der Waals surface area contributed by atoms with E-state index in [4.69, 9.17) is 14.2 Å². The number of nitrogens with zero attached hydrogens (tertiary/aromatic N) is 3. The number of hydrogen-bond acceptors (Lipinski definition) is 7. The lowest BCUT2D eigenvalue weighted by Crippen LogP contribution is -2.22. The summed E-state index contributed by atoms with van der Waals surface area (Å²) >= 11 is 0. The number of carbonyl (C=O) groups is 1. The van der Waals surface area contributed by atoms with Crippen molar-refractivity contribution in [2.45, 2.75) is 25.0 Å². The maximum absolute atomic E-state index is 12.3. The fourth-order valence-corrected chi connectivity index (χ4v) is 3.59. The molecule has 0 saturated carbocycles. The SMILES string of the molecule is CCn1c(COC(=O)C2=COCCO2)nc2cc(S(=O)(=O)N(C)C)ccc21. The van der Waals surface area contributed by atoms with Crippen molar-refractivity contribution in [2.75, 3.05) is 27.3 Å². The predicted octanol–water partition coefficient (Wildman–Crippen LogP) is 1.24. The van der Waals surface area contributed by atoms with E-state index >= 15 is 0 Å². The van der Waals surface area contributed by atoms with Gasteiger partial charge in [0.1, 0.15) is 31.9 Å². The molecular weight excluding hydrogens is 374 g/mol. The predicted molar refractivity (Wildman–Crippen MR) is 96.1 cm³/mol. The van der Waals surface area contributed by atoms with E-state index in [1.54, 1.807) is 12.1 Å². The summed E-state index contributed by atoms with van der Waals surface area (Å²) in [6.07, 6.45) is 1.23. The average Bonchev–Trinajstić information content (AvgIpc) is 3.03. The smallest absolute Gasteiger partial charge is 0.377 e. The van der Waals surface area contributed by atoms with Crippen molar-refractivity contribution in [2.24, 2.45) is 0 Å². The second-order valence-electron chi connectivity index (χ2n) is 5.99. The van der Waals surface area contributed by atoms with E-state index in [0.717, 1.165) is 9.82 Å². The molecule has 1 aromatic carbocycles. The van der Waals surface area contributed by atoms with Crippen LogP contribution in [-0.2, 0) is 42.2 Å². The Bertz CT molecular complexity index is 994. The minimum absolute atomic E-state index is 0.0137. The van der Waals surface area contributed by atoms with Crippen molar-refractivity contribution in [3.8, 4) is 0 Å². The summed E-state index contributed by atoms with van der Waals surface area (Å²) in [5, 5.41) is 0. The first kappa shape index (κ1) is 19.2. The fourth-order valence-electron chi connectivity index (χ4n) is 2.67. The van der Waals surface area contributed by atoms with Gasteiger partial charge >= 0.3 is 5.97 Å². The number of imidazole rings is 1. The third kappa shape index (κ3) is 3.76. The highest BCUT2D eigenvalue weighted by Gasteiger charge is 2.21. The number of aromatic nitrogens is 2. The van der Waals surface area contributed by atoms with Crippen molar-refractivity contribution in [1.82, 2.24) is 13.9 Å². The molecule has 146 valence electrons. The van der Waals surface area contributed by atoms with Gasteiger partial charge in [-0.05, 0) is 25.1 Å². The molecular formula is C17H21N3O6S. The van der Waals surface area contributed by atoms with Crippen LogP contribution >= 0.6 is 0 Å². The minimum Gasteiger partial charge on any atom is -0.493 e. The van der Waals surface area contributed by atoms with Crippen LogP contribution in [-0.4, -0.2) is 55.6 Å². The van der Waals surface area contributed by atoms with Crippen LogP contribution in [0.3, 0.4) is 0 Å². The molecule has 0 bridgehead atoms. The molecule has 2 heterocycles. The molecule has 1 aliphatic rings. The molecule has 0 radical (unpaired) electrons. The highest BCUT2D eigenvalue weighted by Crippen LogP contribution is 2.22. The van der Waals surface area contributed by atoms with E-state index < -0.39 is 16.0 Å². The van der Waals surface area contributed by atoms with Crippen molar-refractivity contribution in [3.63, 3.8) is 0 Å². The first-order valence-corrected chi connectivity index (χ1v) is 9.82. The van der Waals surface area contributed by atoms with Crippen molar-refractivity contribution in [3.05, 3.63) is 36.0 Å². The number of hydrogen-bond donors (Lipinski definition) is 0. The van der Waals surface area contributed by atoms with Crippen LogP contribution in [0, 0.1) is 0 Å². The van der Waals surface area contributed by atoms with Crippen molar-refractivity contribution < 1.29 is 27.4 Å². The molecule has 3 rings (SSSR count). The average molecular weight is 395 g/mol. The standard InChI is InChI=1S/C17H21N3O6S/c1-4-20-14-6-5-12(27(22,23)19(2)3)9-13(14)18-16(20)11-26-17(21)15-10-24-7-8-25-15/h5-6,9-10H,4,7-8,11H2,1-3H3. The molecule has 0 aliphatic carbocycles. The van der Waals surface area contributed by atoms with Crippen LogP contribution in [0.4, 0.5) is 0 Å². The van der Waals surface area contributed by atoms with Gasteiger partial charge in [-0.3, -0.25) is 0 Å². The molecule has 9 nitrogen and oxygen atoms in total. The Kier molecular flexibility index (Phi) is 5.38. The Balaban J connectivity index is 1.87. The summed E-state index contributed by atoms with van der Waals surface area (Å²) in [4.78, 5) is 16.6. The summed E-state index contributed by atoms with van der Waals surface area (Å²) in [7, 11) is -0.612. The minimum atomic E-state index is -3.56. The van der Waals surface area contributed by atoms with Gasteiger partial charge in [0, 0.05) is 20.6 Å². The van der Waals surface area contributed by atoms with E-state index in [9.17, 15) is 13.2 Å². The van der Waals surface area contributed by atoms with Crippen molar-refractivity contribution in [1.29, 1.82) is 0 Å². The number of benzene rings is 1. The zero-order chi connectivity index (χ0) is 19.6. The maximum Gasteiger partial charge on any atom is 0.377 e. The fraction of sp³-hybridized carbons (Fsp3) is 0.412. The lowest BCUT2D eigenvalue weighted by atomic mass is 10.3. The summed E-state index contributed by atoms with van der Waals surface area (Å²) < 4.78 is 43.1. The Hall–Kier alpha value is -2.59. The molecule has 1 aromatic heterocycles. The number of esters is 1. The van der Waals surface area contributed by atoms with Crippen LogP contribution in [0.1, 0.15) is 12.7 Å². The van der Waals surface area contributed by atoms with Crippen LogP contribution in [0.5, 0.6) is 0 Å². The molecule has 0 unspecified atom stereocenters. The van der Waals surface area contributed by atoms with E-state index in [1.165, 1.54) is 26.4 Å². The molecule has 0 amide bonds. The van der Waals surface area contributed by atoms with Gasteiger partial charge in [-0.1, -0.05) is 0 Å². The third-order valence-electron chi connectivity index (χ3n) is 4.08. The third-order valence-corrected chi connectivity index (χ3v) is 5.89. The molecule has 0 saturated heterocycles. The molecule has 0 atom stereocenters. The number of sulfonamides is 1. The van der Waals surface area contributed by atoms with Gasteiger partial charge in [0.2, 0.25) is 15.8 Å². The number of rotatable bonds is 6. The van der Waals surface area contributed by atoms with Gasteiger partial charge in [0.25, 0.3) is 0 Å². The zero-order valence-electron chi connectivity index (χ0n) is 15.3. The molecule has 1 aliphatic heterocycles. The van der Waals surface area contributed by atoms with Crippen LogP contribution in [0.25, 0.3) is 11.0 Å². The van der Waals surface area contributed by atoms with Gasteiger partial charge < -0.3 is 18.8 Å². The van der Waals surface area contributed by atoms with Crippen LogP contribution in [0.2, 0.25) is 0 Å². The van der Waals surface area contributed by atoms with Gasteiger partial charge in [-0.2, -0.15) is 0 Å². The monoisotopic (exact) mass is 395 g/mol. The Morgan fingerprint density at radius 1 is 1.33 bits per heavy atom. The number of carbonyl (C=O) groups excluding carboxylic acids is 1. The summed E-state index contributed by atoms with van der Waals surface area (Å²) in [6.45, 7) is 3.12. The first-order valence-electron chi connectivity index (χ1n) is 8.38. The molecule has 10 heteroatoms. The summed E-state index contributed by atoms with van der Waals surface area (Å²) in [5.41, 5.74) is 1.28. The van der Waals surface area contributed by atoms with Gasteiger partial charge in [-0.15, -0.1) is 0 Å².